The molecule has 0 bridgehead atoms. The molecule has 11 heteroatoms. The second kappa shape index (κ2) is 9.75. The molecular formula is C28H26ClF4N3O3. The number of halogens is 5. The number of carboxylic acids is 1. The average Bonchev–Trinajstić information content (AvgIpc) is 3.59. The van der Waals surface area contributed by atoms with E-state index in [0.29, 0.717) is 24.2 Å². The Labute approximate surface area is 227 Å². The van der Waals surface area contributed by atoms with Gasteiger partial charge in [-0.1, -0.05) is 29.8 Å². The monoisotopic (exact) mass is 563 g/mol. The first-order valence-corrected chi connectivity index (χ1v) is 13.0. The number of aromatic nitrogens is 2. The van der Waals surface area contributed by atoms with Gasteiger partial charge in [0.2, 0.25) is 0 Å². The first-order valence-electron chi connectivity index (χ1n) is 12.6. The molecule has 0 amide bonds. The van der Waals surface area contributed by atoms with E-state index >= 15 is 4.39 Å². The Bertz CT molecular complexity index is 1480. The van der Waals surface area contributed by atoms with E-state index in [0.717, 1.165) is 10.7 Å². The summed E-state index contributed by atoms with van der Waals surface area (Å²) in [5.41, 5.74) is -0.951. The summed E-state index contributed by atoms with van der Waals surface area (Å²) in [6.45, 7) is 4.88. The molecule has 1 aliphatic carbocycles. The zero-order valence-electron chi connectivity index (χ0n) is 21.3. The summed E-state index contributed by atoms with van der Waals surface area (Å²) in [5.74, 6) is -2.61. The lowest BCUT2D eigenvalue weighted by atomic mass is 9.90. The predicted molar refractivity (Wildman–Crippen MR) is 136 cm³/mol. The van der Waals surface area contributed by atoms with Crippen LogP contribution in [0.15, 0.2) is 36.4 Å². The van der Waals surface area contributed by atoms with Crippen molar-refractivity contribution in [3.63, 3.8) is 0 Å². The Kier molecular flexibility index (Phi) is 6.83. The Morgan fingerprint density at radius 1 is 1.18 bits per heavy atom. The SMILES string of the molecule is CC(C)N1CCc2c(-c3ccc(CC(=O)O)cc3F)nn(C(=O)c3c(Cl)cccc3C3(C(F)(F)F)CC3)c2C1. The molecule has 0 radical (unpaired) electrons. The molecule has 1 aliphatic heterocycles. The topological polar surface area (TPSA) is 75.4 Å². The van der Waals surface area contributed by atoms with E-state index < -0.39 is 29.3 Å². The van der Waals surface area contributed by atoms with Crippen LogP contribution in [0, 0.1) is 5.82 Å². The van der Waals surface area contributed by atoms with Gasteiger partial charge in [0.1, 0.15) is 5.82 Å². The van der Waals surface area contributed by atoms with E-state index in [1.54, 1.807) is 0 Å². The first-order chi connectivity index (χ1) is 18.3. The molecule has 0 saturated heterocycles. The Morgan fingerprint density at radius 2 is 1.90 bits per heavy atom. The number of aliphatic carboxylic acids is 1. The molecule has 6 nitrogen and oxygen atoms in total. The average molecular weight is 564 g/mol. The van der Waals surface area contributed by atoms with Gasteiger partial charge >= 0.3 is 12.1 Å². The number of hydrogen-bond acceptors (Lipinski definition) is 4. The summed E-state index contributed by atoms with van der Waals surface area (Å²) < 4.78 is 58.6. The molecule has 2 aromatic carbocycles. The predicted octanol–water partition coefficient (Wildman–Crippen LogP) is 6.02. The van der Waals surface area contributed by atoms with Crippen molar-refractivity contribution in [1.29, 1.82) is 0 Å². The van der Waals surface area contributed by atoms with Crippen molar-refractivity contribution in [3.05, 3.63) is 75.2 Å². The van der Waals surface area contributed by atoms with Gasteiger partial charge in [-0.05, 0) is 62.4 Å². The van der Waals surface area contributed by atoms with E-state index in [9.17, 15) is 22.8 Å². The summed E-state index contributed by atoms with van der Waals surface area (Å²) in [7, 11) is 0. The van der Waals surface area contributed by atoms with Crippen LogP contribution in [0.2, 0.25) is 5.02 Å². The number of rotatable bonds is 6. The molecule has 39 heavy (non-hydrogen) atoms. The summed E-state index contributed by atoms with van der Waals surface area (Å²) in [6, 6.07) is 8.20. The molecule has 1 N–H and O–H groups in total. The molecule has 0 spiro atoms. The van der Waals surface area contributed by atoms with Crippen LogP contribution < -0.4 is 0 Å². The molecule has 0 atom stereocenters. The van der Waals surface area contributed by atoms with Crippen molar-refractivity contribution < 1.29 is 32.3 Å². The van der Waals surface area contributed by atoms with Gasteiger partial charge in [0, 0.05) is 30.3 Å². The van der Waals surface area contributed by atoms with Gasteiger partial charge in [-0.15, -0.1) is 0 Å². The zero-order chi connectivity index (χ0) is 28.3. The van der Waals surface area contributed by atoms with Gasteiger partial charge in [0.25, 0.3) is 5.91 Å². The number of nitrogens with zero attached hydrogens (tertiary/aromatic N) is 3. The van der Waals surface area contributed by atoms with Crippen LogP contribution in [0.4, 0.5) is 17.6 Å². The highest BCUT2D eigenvalue weighted by molar-refractivity contribution is 6.34. The minimum atomic E-state index is -4.56. The highest BCUT2D eigenvalue weighted by Crippen LogP contribution is 2.60. The van der Waals surface area contributed by atoms with Crippen LogP contribution in [-0.4, -0.2) is 50.4 Å². The number of fused-ring (bicyclic) bond motifs is 1. The van der Waals surface area contributed by atoms with Gasteiger partial charge in [0.05, 0.1) is 33.8 Å². The fraction of sp³-hybridized carbons (Fsp3) is 0.393. The molecular weight excluding hydrogens is 538 g/mol. The van der Waals surface area contributed by atoms with E-state index in [1.807, 2.05) is 13.8 Å². The third kappa shape index (κ3) is 4.74. The van der Waals surface area contributed by atoms with Gasteiger partial charge in [-0.25, -0.2) is 4.39 Å². The minimum Gasteiger partial charge on any atom is -0.481 e. The minimum absolute atomic E-state index is 0.0817. The van der Waals surface area contributed by atoms with Crippen LogP contribution in [0.3, 0.4) is 0 Å². The molecule has 0 unspecified atom stereocenters. The van der Waals surface area contributed by atoms with Gasteiger partial charge in [-0.3, -0.25) is 14.5 Å². The third-order valence-electron chi connectivity index (χ3n) is 7.69. The molecule has 5 rings (SSSR count). The maximum atomic E-state index is 15.2. The number of carbonyl (C=O) groups excluding carboxylic acids is 1. The van der Waals surface area contributed by atoms with Crippen LogP contribution in [0.25, 0.3) is 11.3 Å². The second-order valence-corrected chi connectivity index (χ2v) is 10.8. The fourth-order valence-corrected chi connectivity index (χ4v) is 5.63. The first kappa shape index (κ1) is 27.3. The fourth-order valence-electron chi connectivity index (χ4n) is 5.37. The Hall–Kier alpha value is -3.24. The lowest BCUT2D eigenvalue weighted by molar-refractivity contribution is -0.160. The number of carboxylic acid groups (broad SMARTS) is 1. The summed E-state index contributed by atoms with van der Waals surface area (Å²) in [5, 5.41) is 13.4. The number of carbonyl (C=O) groups is 2. The molecule has 1 fully saturated rings. The number of alkyl halides is 3. The smallest absolute Gasteiger partial charge is 0.398 e. The Morgan fingerprint density at radius 3 is 2.49 bits per heavy atom. The maximum absolute atomic E-state index is 15.2. The summed E-state index contributed by atoms with van der Waals surface area (Å²) in [4.78, 5) is 27.2. The number of hydrogen-bond donors (Lipinski definition) is 1. The highest BCUT2D eigenvalue weighted by Gasteiger charge is 2.65. The van der Waals surface area contributed by atoms with Crippen molar-refractivity contribution in [2.24, 2.45) is 0 Å². The normalized spacial score (nSPS) is 16.8. The molecule has 1 saturated carbocycles. The molecule has 2 aliphatic rings. The van der Waals surface area contributed by atoms with Gasteiger partial charge < -0.3 is 5.11 Å². The lowest BCUT2D eigenvalue weighted by Gasteiger charge is -2.31. The van der Waals surface area contributed by atoms with Crippen molar-refractivity contribution >= 4 is 23.5 Å². The lowest BCUT2D eigenvalue weighted by Crippen LogP contribution is -2.37. The molecule has 3 aromatic rings. The van der Waals surface area contributed by atoms with Crippen LogP contribution >= 0.6 is 11.6 Å². The zero-order valence-corrected chi connectivity index (χ0v) is 22.0. The van der Waals surface area contributed by atoms with E-state index in [2.05, 4.69) is 10.00 Å². The van der Waals surface area contributed by atoms with E-state index in [-0.39, 0.29) is 64.8 Å². The van der Waals surface area contributed by atoms with Crippen molar-refractivity contribution in [3.8, 4) is 11.3 Å². The Balaban J connectivity index is 1.66. The van der Waals surface area contributed by atoms with Gasteiger partial charge in [0.15, 0.2) is 0 Å². The van der Waals surface area contributed by atoms with Crippen LogP contribution in [0.1, 0.15) is 59.4 Å². The molecule has 206 valence electrons. The van der Waals surface area contributed by atoms with E-state index in [1.165, 1.54) is 30.3 Å². The van der Waals surface area contributed by atoms with Crippen molar-refractivity contribution in [1.82, 2.24) is 14.7 Å². The second-order valence-electron chi connectivity index (χ2n) is 10.4. The van der Waals surface area contributed by atoms with Crippen molar-refractivity contribution in [2.75, 3.05) is 6.54 Å². The van der Waals surface area contributed by atoms with Crippen LogP contribution in [0.5, 0.6) is 0 Å². The number of benzene rings is 2. The van der Waals surface area contributed by atoms with E-state index in [4.69, 9.17) is 16.7 Å². The standard InChI is InChI=1S/C28H26ClF4N3O3/c1-15(2)35-11-8-18-22(14-35)36(34-25(18)17-7-6-16(12-21(17)30)13-23(37)38)26(39)24-19(4-3-5-20(24)29)27(9-10-27)28(31,32)33/h3-7,12,15H,8-11,13-14H2,1-2H3,(H,37,38). The summed E-state index contributed by atoms with van der Waals surface area (Å²) >= 11 is 6.38. The quantitative estimate of drug-likeness (QED) is 0.371. The molecule has 2 heterocycles. The molecule has 1 aromatic heterocycles. The maximum Gasteiger partial charge on any atom is 0.398 e. The van der Waals surface area contributed by atoms with Crippen LogP contribution in [-0.2, 0) is 29.6 Å². The van der Waals surface area contributed by atoms with Crippen molar-refractivity contribution in [2.45, 2.75) is 63.7 Å². The third-order valence-corrected chi connectivity index (χ3v) is 8.01. The van der Waals surface area contributed by atoms with Gasteiger partial charge in [-0.2, -0.15) is 23.0 Å². The highest BCUT2D eigenvalue weighted by atomic mass is 35.5. The summed E-state index contributed by atoms with van der Waals surface area (Å²) in [6.07, 6.45) is -4.77. The largest absolute Gasteiger partial charge is 0.481 e.